The highest BCUT2D eigenvalue weighted by Gasteiger charge is 2.23. The summed E-state index contributed by atoms with van der Waals surface area (Å²) in [7, 11) is -3.34. The first-order valence-electron chi connectivity index (χ1n) is 6.04. The van der Waals surface area contributed by atoms with Gasteiger partial charge in [0.1, 0.15) is 0 Å². The van der Waals surface area contributed by atoms with Gasteiger partial charge < -0.3 is 4.74 Å². The van der Waals surface area contributed by atoms with Crippen LogP contribution in [0.25, 0.3) is 0 Å². The number of esters is 1. The summed E-state index contributed by atoms with van der Waals surface area (Å²) < 4.78 is 31.5. The molecule has 0 saturated heterocycles. The normalized spacial score (nSPS) is 24.5. The lowest BCUT2D eigenvalue weighted by atomic mass is 9.83. The molecule has 104 valence electrons. The van der Waals surface area contributed by atoms with E-state index in [1.165, 1.54) is 0 Å². The SMILES string of the molecule is C=CC(=O)OCC1CCC(COS(C)(=O)=O)CC1. The van der Waals surface area contributed by atoms with Crippen molar-refractivity contribution < 1.29 is 22.1 Å². The van der Waals surface area contributed by atoms with Crippen LogP contribution in [-0.4, -0.2) is 33.9 Å². The van der Waals surface area contributed by atoms with Crippen LogP contribution in [0.2, 0.25) is 0 Å². The van der Waals surface area contributed by atoms with Crippen molar-refractivity contribution in [2.24, 2.45) is 11.8 Å². The van der Waals surface area contributed by atoms with E-state index in [-0.39, 0.29) is 12.5 Å². The first-order chi connectivity index (χ1) is 8.40. The molecule has 0 spiro atoms. The fourth-order valence-electron chi connectivity index (χ4n) is 2.04. The summed E-state index contributed by atoms with van der Waals surface area (Å²) in [6.45, 7) is 4.02. The van der Waals surface area contributed by atoms with Crippen molar-refractivity contribution in [3.8, 4) is 0 Å². The molecule has 18 heavy (non-hydrogen) atoms. The van der Waals surface area contributed by atoms with Crippen molar-refractivity contribution in [2.45, 2.75) is 25.7 Å². The van der Waals surface area contributed by atoms with Crippen LogP contribution >= 0.6 is 0 Å². The molecule has 1 aliphatic rings. The van der Waals surface area contributed by atoms with Gasteiger partial charge in [-0.3, -0.25) is 4.18 Å². The highest BCUT2D eigenvalue weighted by Crippen LogP contribution is 2.29. The minimum Gasteiger partial charge on any atom is -0.462 e. The Balaban J connectivity index is 2.20. The van der Waals surface area contributed by atoms with E-state index in [1.807, 2.05) is 0 Å². The monoisotopic (exact) mass is 276 g/mol. The highest BCUT2D eigenvalue weighted by atomic mass is 32.2. The second-order valence-corrected chi connectivity index (χ2v) is 6.35. The average Bonchev–Trinajstić information content (AvgIpc) is 2.33. The molecule has 0 aliphatic heterocycles. The second kappa shape index (κ2) is 6.89. The molecular weight excluding hydrogens is 256 g/mol. The molecular formula is C12H20O5S. The Morgan fingerprint density at radius 1 is 1.22 bits per heavy atom. The molecule has 6 heteroatoms. The van der Waals surface area contributed by atoms with Crippen LogP contribution in [0.3, 0.4) is 0 Å². The Morgan fingerprint density at radius 2 is 1.72 bits per heavy atom. The Bertz CT molecular complexity index is 379. The van der Waals surface area contributed by atoms with Crippen LogP contribution in [0, 0.1) is 11.8 Å². The molecule has 0 N–H and O–H groups in total. The van der Waals surface area contributed by atoms with E-state index in [0.717, 1.165) is 38.0 Å². The first-order valence-corrected chi connectivity index (χ1v) is 7.86. The minimum atomic E-state index is -3.34. The molecule has 1 fully saturated rings. The predicted octanol–water partition coefficient (Wildman–Crippen LogP) is 1.50. The first kappa shape index (κ1) is 15.2. The zero-order chi connectivity index (χ0) is 13.6. The van der Waals surface area contributed by atoms with Gasteiger partial charge in [-0.05, 0) is 37.5 Å². The minimum absolute atomic E-state index is 0.262. The van der Waals surface area contributed by atoms with E-state index >= 15 is 0 Å². The molecule has 1 rings (SSSR count). The summed E-state index contributed by atoms with van der Waals surface area (Å²) in [5.41, 5.74) is 0. The number of hydrogen-bond acceptors (Lipinski definition) is 5. The number of carbonyl (C=O) groups is 1. The number of carbonyl (C=O) groups excluding carboxylic acids is 1. The Labute approximate surface area is 108 Å². The maximum absolute atomic E-state index is 10.9. The third-order valence-corrected chi connectivity index (χ3v) is 3.68. The number of rotatable bonds is 6. The molecule has 0 atom stereocenters. The topological polar surface area (TPSA) is 69.7 Å². The highest BCUT2D eigenvalue weighted by molar-refractivity contribution is 7.85. The van der Waals surface area contributed by atoms with Gasteiger partial charge in [0, 0.05) is 6.08 Å². The lowest BCUT2D eigenvalue weighted by Crippen LogP contribution is -2.23. The zero-order valence-corrected chi connectivity index (χ0v) is 11.4. The molecule has 0 aromatic rings. The van der Waals surface area contributed by atoms with Crippen LogP contribution in [-0.2, 0) is 23.8 Å². The van der Waals surface area contributed by atoms with Crippen LogP contribution in [0.4, 0.5) is 0 Å². The van der Waals surface area contributed by atoms with E-state index in [2.05, 4.69) is 6.58 Å². The fraction of sp³-hybridized carbons (Fsp3) is 0.750. The van der Waals surface area contributed by atoms with Crippen LogP contribution in [0.15, 0.2) is 12.7 Å². The molecule has 0 amide bonds. The van der Waals surface area contributed by atoms with Gasteiger partial charge in [0.15, 0.2) is 0 Å². The van der Waals surface area contributed by atoms with Gasteiger partial charge in [0.2, 0.25) is 0 Å². The van der Waals surface area contributed by atoms with Crippen LogP contribution in [0.1, 0.15) is 25.7 Å². The Morgan fingerprint density at radius 3 is 2.17 bits per heavy atom. The van der Waals surface area contributed by atoms with Crippen LogP contribution in [0.5, 0.6) is 0 Å². The smallest absolute Gasteiger partial charge is 0.330 e. The maximum atomic E-state index is 10.9. The third kappa shape index (κ3) is 6.16. The standard InChI is InChI=1S/C12H20O5S/c1-3-12(13)16-8-10-4-6-11(7-5-10)9-17-18(2,14)15/h3,10-11H,1,4-9H2,2H3. The van der Waals surface area contributed by atoms with E-state index in [9.17, 15) is 13.2 Å². The van der Waals surface area contributed by atoms with Crippen molar-refractivity contribution in [3.63, 3.8) is 0 Å². The van der Waals surface area contributed by atoms with Crippen LogP contribution < -0.4 is 0 Å². The van der Waals surface area contributed by atoms with E-state index < -0.39 is 16.1 Å². The Kier molecular flexibility index (Phi) is 5.81. The number of ether oxygens (including phenoxy) is 1. The quantitative estimate of drug-likeness (QED) is 0.418. The Hall–Kier alpha value is -0.880. The molecule has 0 bridgehead atoms. The lowest BCUT2D eigenvalue weighted by Gasteiger charge is -2.27. The van der Waals surface area contributed by atoms with Gasteiger partial charge in [0.25, 0.3) is 10.1 Å². The summed E-state index contributed by atoms with van der Waals surface area (Å²) >= 11 is 0. The van der Waals surface area contributed by atoms with Crippen molar-refractivity contribution in [1.29, 1.82) is 0 Å². The van der Waals surface area contributed by atoms with Crippen molar-refractivity contribution in [2.75, 3.05) is 19.5 Å². The summed E-state index contributed by atoms with van der Waals surface area (Å²) in [6.07, 6.45) is 5.90. The summed E-state index contributed by atoms with van der Waals surface area (Å²) in [6, 6.07) is 0. The molecule has 5 nitrogen and oxygen atoms in total. The number of hydrogen-bond donors (Lipinski definition) is 0. The van der Waals surface area contributed by atoms with Gasteiger partial charge in [-0.1, -0.05) is 6.58 Å². The molecule has 0 radical (unpaired) electrons. The van der Waals surface area contributed by atoms with Gasteiger partial charge >= 0.3 is 5.97 Å². The fourth-order valence-corrected chi connectivity index (χ4v) is 2.48. The van der Waals surface area contributed by atoms with Crippen molar-refractivity contribution >= 4 is 16.1 Å². The molecule has 1 saturated carbocycles. The second-order valence-electron chi connectivity index (χ2n) is 4.71. The third-order valence-electron chi connectivity index (χ3n) is 3.11. The average molecular weight is 276 g/mol. The van der Waals surface area contributed by atoms with Gasteiger partial charge in [-0.2, -0.15) is 8.42 Å². The van der Waals surface area contributed by atoms with Gasteiger partial charge in [0.05, 0.1) is 19.5 Å². The summed E-state index contributed by atoms with van der Waals surface area (Å²) in [4.78, 5) is 10.9. The molecule has 0 unspecified atom stereocenters. The van der Waals surface area contributed by atoms with E-state index in [4.69, 9.17) is 8.92 Å². The summed E-state index contributed by atoms with van der Waals surface area (Å²) in [5.74, 6) is 0.256. The molecule has 0 aromatic heterocycles. The maximum Gasteiger partial charge on any atom is 0.330 e. The zero-order valence-electron chi connectivity index (χ0n) is 10.6. The van der Waals surface area contributed by atoms with Crippen molar-refractivity contribution in [1.82, 2.24) is 0 Å². The molecule has 1 aliphatic carbocycles. The van der Waals surface area contributed by atoms with E-state index in [0.29, 0.717) is 12.5 Å². The lowest BCUT2D eigenvalue weighted by molar-refractivity contribution is -0.139. The van der Waals surface area contributed by atoms with Gasteiger partial charge in [-0.25, -0.2) is 4.79 Å². The van der Waals surface area contributed by atoms with E-state index in [1.54, 1.807) is 0 Å². The largest absolute Gasteiger partial charge is 0.462 e. The van der Waals surface area contributed by atoms with Gasteiger partial charge in [-0.15, -0.1) is 0 Å². The molecule has 0 heterocycles. The molecule has 0 aromatic carbocycles. The predicted molar refractivity (Wildman–Crippen MR) is 67.4 cm³/mol. The summed E-state index contributed by atoms with van der Waals surface area (Å²) in [5, 5.41) is 0. The van der Waals surface area contributed by atoms with Crippen molar-refractivity contribution in [3.05, 3.63) is 12.7 Å².